The zero-order valence-electron chi connectivity index (χ0n) is 27.2. The van der Waals surface area contributed by atoms with Crippen molar-refractivity contribution in [2.24, 2.45) is 0 Å². The third-order valence-corrected chi connectivity index (χ3v) is 13.1. The number of fused-ring (bicyclic) bond motifs is 3. The van der Waals surface area contributed by atoms with Gasteiger partial charge in [-0.25, -0.2) is 0 Å². The maximum atomic E-state index is 8.32. The van der Waals surface area contributed by atoms with E-state index in [-0.39, 0.29) is 20.1 Å². The third kappa shape index (κ3) is 7.70. The number of hydrogen-bond acceptors (Lipinski definition) is 3. The summed E-state index contributed by atoms with van der Waals surface area (Å²) in [6.45, 7) is 3.80. The van der Waals surface area contributed by atoms with Gasteiger partial charge in [0.1, 0.15) is 0 Å². The molecule has 0 saturated heterocycles. The molecule has 7 rings (SSSR count). The fourth-order valence-electron chi connectivity index (χ4n) is 5.12. The number of nitrogens with zero attached hydrogens (tertiary/aromatic N) is 2. The molecule has 0 spiro atoms. The maximum Gasteiger partial charge on any atom is 0 e. The number of rotatable bonds is 5. The van der Waals surface area contributed by atoms with Crippen LogP contribution in [-0.2, 0) is 20.1 Å². The first-order valence-corrected chi connectivity index (χ1v) is 23.1. The quantitative estimate of drug-likeness (QED) is 0.127. The molecule has 0 saturated carbocycles. The molecule has 1 radical (unpaired) electrons. The van der Waals surface area contributed by atoms with Gasteiger partial charge in [-0.3, -0.25) is 0 Å². The topological polar surface area (TPSA) is 25.8 Å². The van der Waals surface area contributed by atoms with Gasteiger partial charge in [-0.05, 0) is 51.0 Å². The van der Waals surface area contributed by atoms with Crippen molar-refractivity contribution in [3.05, 3.63) is 139 Å². The number of pyridine rings is 2. The first-order valence-electron chi connectivity index (χ1n) is 15.4. The molecule has 7 aromatic rings. The number of aromatic nitrogens is 2. The van der Waals surface area contributed by atoms with E-state index in [1.807, 2.05) is 62.5 Å². The molecule has 0 bridgehead atoms. The van der Waals surface area contributed by atoms with E-state index < -0.39 is 19.2 Å². The molecule has 0 aliphatic rings. The number of hydrogen-bond donors (Lipinski definition) is 0. The molecular weight excluding hydrogens is 805 g/mol. The largest absolute Gasteiger partial charge is 0 e. The Labute approximate surface area is 288 Å². The minimum Gasteiger partial charge on any atom is 0 e. The van der Waals surface area contributed by atoms with E-state index >= 15 is 0 Å². The van der Waals surface area contributed by atoms with Crippen LogP contribution in [0, 0.1) is 12.1 Å². The molecule has 5 heteroatoms. The van der Waals surface area contributed by atoms with Gasteiger partial charge < -0.3 is 4.98 Å². The molecule has 0 aliphatic carbocycles. The van der Waals surface area contributed by atoms with E-state index in [1.165, 1.54) is 35.7 Å². The predicted octanol–water partition coefficient (Wildman–Crippen LogP) is 10.8. The van der Waals surface area contributed by atoms with E-state index in [0.717, 1.165) is 28.1 Å². The van der Waals surface area contributed by atoms with Crippen molar-refractivity contribution in [1.29, 1.82) is 0 Å². The van der Waals surface area contributed by atoms with Gasteiger partial charge in [0.15, 0.2) is 0 Å². The predicted molar refractivity (Wildman–Crippen MR) is 192 cm³/mol. The van der Waals surface area contributed by atoms with Crippen LogP contribution in [0.5, 0.6) is 0 Å². The van der Waals surface area contributed by atoms with Crippen LogP contribution in [0.1, 0.15) is 26.7 Å². The van der Waals surface area contributed by atoms with Crippen molar-refractivity contribution in [3.8, 4) is 33.6 Å². The maximum absolute atomic E-state index is 8.32. The molecular formula is C40H36GeIrN2S-2. The molecule has 45 heavy (non-hydrogen) atoms. The van der Waals surface area contributed by atoms with Crippen LogP contribution in [0.25, 0.3) is 53.8 Å². The van der Waals surface area contributed by atoms with Crippen LogP contribution in [-0.4, -0.2) is 23.2 Å². The van der Waals surface area contributed by atoms with Gasteiger partial charge in [-0.1, -0.05) is 67.3 Å². The summed E-state index contributed by atoms with van der Waals surface area (Å²) in [5.74, 6) is 6.49. The molecule has 3 aromatic heterocycles. The van der Waals surface area contributed by atoms with Crippen molar-refractivity contribution in [1.82, 2.24) is 9.97 Å². The normalized spacial score (nSPS) is 11.8. The smallest absolute Gasteiger partial charge is 0 e. The monoisotopic (exact) mass is 844 g/mol. The van der Waals surface area contributed by atoms with E-state index in [9.17, 15) is 0 Å². The second-order valence-corrected chi connectivity index (χ2v) is 23.9. The van der Waals surface area contributed by atoms with Crippen LogP contribution in [0.3, 0.4) is 0 Å². The van der Waals surface area contributed by atoms with Gasteiger partial charge in [0.05, 0.1) is 0 Å². The Morgan fingerprint density at radius 1 is 0.711 bits per heavy atom. The Morgan fingerprint density at radius 3 is 2.18 bits per heavy atom. The van der Waals surface area contributed by atoms with Crippen molar-refractivity contribution in [2.45, 2.75) is 37.0 Å². The van der Waals surface area contributed by atoms with Crippen LogP contribution in [0.15, 0.2) is 122 Å². The zero-order valence-corrected chi connectivity index (χ0v) is 31.5. The van der Waals surface area contributed by atoms with E-state index in [0.29, 0.717) is 0 Å². The molecule has 0 atom stereocenters. The van der Waals surface area contributed by atoms with Gasteiger partial charge in [-0.15, -0.1) is 23.8 Å². The zero-order chi connectivity index (χ0) is 31.6. The minimum absolute atomic E-state index is 0. The minimum atomic E-state index is -1.72. The summed E-state index contributed by atoms with van der Waals surface area (Å²) < 4.78 is 12.3. The van der Waals surface area contributed by atoms with Gasteiger partial charge in [-0.2, -0.15) is 11.3 Å². The molecule has 0 N–H and O–H groups in total. The Hall–Kier alpha value is -3.41. The molecule has 0 unspecified atom stereocenters. The summed E-state index contributed by atoms with van der Waals surface area (Å²) >= 11 is 0.0793. The molecule has 0 fully saturated rings. The second kappa shape index (κ2) is 14.3. The Kier molecular flexibility index (Phi) is 10.1. The molecule has 0 amide bonds. The second-order valence-electron chi connectivity index (χ2n) is 12.2. The van der Waals surface area contributed by atoms with Crippen LogP contribution >= 0.6 is 11.3 Å². The molecule has 227 valence electrons. The molecule has 2 nitrogen and oxygen atoms in total. The summed E-state index contributed by atoms with van der Waals surface area (Å²) in [6, 6.07) is 44.2. The first-order chi connectivity index (χ1) is 21.6. The average molecular weight is 843 g/mol. The standard InChI is InChI=1S/C26H20NS.C14H16GeN.Ir/c1-17(2)19-12-13-27-24(16-19)21-9-11-26-23(15-21)22-14-20(8-10-25(22)28-26)18-6-4-3-5-7-18;1-15(2,3)13-9-10-14(16-11-13)12-7-5-4-6-8-12;/h3-8,10-17H,1-2H3;4-7,9-11H,1-3H3;/q2*-1;/i17D;;. The SMILES string of the molecule is [2H]C(C)(C)c1ccnc(-c2[c-]cc3sc4ccc(-c5ccccc5)cc4c3c2)c1.[CH3][Ge]([CH3])([CH3])[c]1ccc(-c2[c-]cccc2)nc1.[Ir]. The first kappa shape index (κ1) is 31.6. The number of thiophene rings is 1. The van der Waals surface area contributed by atoms with Crippen molar-refractivity contribution in [3.63, 3.8) is 0 Å². The molecule has 3 heterocycles. The van der Waals surface area contributed by atoms with Crippen LogP contribution in [0.2, 0.25) is 17.3 Å². The third-order valence-electron chi connectivity index (χ3n) is 7.74. The van der Waals surface area contributed by atoms with Gasteiger partial charge in [0, 0.05) is 32.4 Å². The summed E-state index contributed by atoms with van der Waals surface area (Å²) in [4.78, 5) is 9.08. The van der Waals surface area contributed by atoms with Crippen LogP contribution in [0.4, 0.5) is 0 Å². The van der Waals surface area contributed by atoms with Crippen molar-refractivity contribution < 1.29 is 21.5 Å². The molecule has 0 aliphatic heterocycles. The van der Waals surface area contributed by atoms with Gasteiger partial charge >= 0.3 is 99.8 Å². The van der Waals surface area contributed by atoms with Gasteiger partial charge in [0.2, 0.25) is 0 Å². The fourth-order valence-corrected chi connectivity index (χ4v) is 8.34. The summed E-state index contributed by atoms with van der Waals surface area (Å²) in [7, 11) is 0. The van der Waals surface area contributed by atoms with E-state index in [4.69, 9.17) is 1.37 Å². The Bertz CT molecular complexity index is 2060. The summed E-state index contributed by atoms with van der Waals surface area (Å²) in [5.41, 5.74) is 7.31. The summed E-state index contributed by atoms with van der Waals surface area (Å²) in [6.07, 6.45) is 3.83. The van der Waals surface area contributed by atoms with Crippen LogP contribution < -0.4 is 4.40 Å². The van der Waals surface area contributed by atoms with E-state index in [2.05, 4.69) is 106 Å². The van der Waals surface area contributed by atoms with Crippen molar-refractivity contribution >= 4 is 49.2 Å². The van der Waals surface area contributed by atoms with E-state index in [1.54, 1.807) is 17.5 Å². The Balaban J connectivity index is 0.000000209. The summed E-state index contributed by atoms with van der Waals surface area (Å²) in [5, 5.41) is 2.49. The molecule has 4 aromatic carbocycles. The van der Waals surface area contributed by atoms with Crippen molar-refractivity contribution in [2.75, 3.05) is 0 Å². The fraction of sp³-hybridized carbons (Fsp3) is 0.150. The average Bonchev–Trinajstić information content (AvgIpc) is 3.42. The Morgan fingerprint density at radius 2 is 1.49 bits per heavy atom. The number of benzene rings is 4. The van der Waals surface area contributed by atoms with Gasteiger partial charge in [0.25, 0.3) is 0 Å².